The molecule has 7 heteroatoms. The lowest BCUT2D eigenvalue weighted by Crippen LogP contribution is -2.31. The Hall–Kier alpha value is -2.15. The second kappa shape index (κ2) is 7.00. The van der Waals surface area contributed by atoms with Crippen molar-refractivity contribution in [1.82, 2.24) is 4.90 Å². The number of carbonyl (C=O) groups is 1. The van der Waals surface area contributed by atoms with Gasteiger partial charge in [-0.1, -0.05) is 18.2 Å². The molecule has 0 aromatic heterocycles. The minimum atomic E-state index is -4.45. The summed E-state index contributed by atoms with van der Waals surface area (Å²) < 4.78 is 45.0. The van der Waals surface area contributed by atoms with Gasteiger partial charge in [-0.3, -0.25) is 4.79 Å². The van der Waals surface area contributed by atoms with E-state index in [0.29, 0.717) is 23.6 Å². The highest BCUT2D eigenvalue weighted by molar-refractivity contribution is 7.99. The molecule has 3 rings (SSSR count). The fourth-order valence-electron chi connectivity index (χ4n) is 2.81. The highest BCUT2D eigenvalue weighted by Gasteiger charge is 2.39. The minimum Gasteiger partial charge on any atom is -0.497 e. The van der Waals surface area contributed by atoms with Gasteiger partial charge in [-0.25, -0.2) is 0 Å². The Kier molecular flexibility index (Phi) is 4.94. The van der Waals surface area contributed by atoms with Gasteiger partial charge in [0.15, 0.2) is 0 Å². The SMILES string of the molecule is COc1ccc(C(=O)N2CCS[C@@H]2c2ccccc2C(F)(F)F)cc1. The van der Waals surface area contributed by atoms with Crippen LogP contribution in [0, 0.1) is 0 Å². The standard InChI is InChI=1S/C18H16F3NO2S/c1-24-13-8-6-12(7-9-13)16(23)22-10-11-25-17(22)14-4-2-3-5-15(14)18(19,20)21/h2-9,17H,10-11H2,1H3/t17-/m1/s1. The maximum atomic E-state index is 13.3. The predicted molar refractivity (Wildman–Crippen MR) is 90.7 cm³/mol. The molecule has 1 aliphatic rings. The second-order valence-corrected chi connectivity index (χ2v) is 6.72. The average Bonchev–Trinajstić information content (AvgIpc) is 3.10. The second-order valence-electron chi connectivity index (χ2n) is 5.54. The molecule has 0 radical (unpaired) electrons. The Morgan fingerprint density at radius 1 is 1.16 bits per heavy atom. The normalized spacial score (nSPS) is 17.6. The van der Waals surface area contributed by atoms with Crippen molar-refractivity contribution >= 4 is 17.7 Å². The fourth-order valence-corrected chi connectivity index (χ4v) is 4.10. The van der Waals surface area contributed by atoms with Crippen LogP contribution in [0.25, 0.3) is 0 Å². The van der Waals surface area contributed by atoms with E-state index in [1.165, 1.54) is 35.9 Å². The Morgan fingerprint density at radius 3 is 2.48 bits per heavy atom. The summed E-state index contributed by atoms with van der Waals surface area (Å²) in [5.41, 5.74) is -0.140. The van der Waals surface area contributed by atoms with Crippen LogP contribution in [0.15, 0.2) is 48.5 Å². The van der Waals surface area contributed by atoms with Crippen molar-refractivity contribution in [3.63, 3.8) is 0 Å². The Balaban J connectivity index is 1.92. The summed E-state index contributed by atoms with van der Waals surface area (Å²) in [4.78, 5) is 14.3. The van der Waals surface area contributed by atoms with Crippen molar-refractivity contribution in [2.45, 2.75) is 11.6 Å². The van der Waals surface area contributed by atoms with Crippen molar-refractivity contribution in [3.05, 3.63) is 65.2 Å². The van der Waals surface area contributed by atoms with Gasteiger partial charge in [0.2, 0.25) is 0 Å². The lowest BCUT2D eigenvalue weighted by atomic mass is 10.1. The molecule has 0 saturated carbocycles. The predicted octanol–water partition coefficient (Wildman–Crippen LogP) is 4.60. The quantitative estimate of drug-likeness (QED) is 0.794. The van der Waals surface area contributed by atoms with E-state index in [1.807, 2.05) is 0 Å². The largest absolute Gasteiger partial charge is 0.497 e. The van der Waals surface area contributed by atoms with E-state index in [1.54, 1.807) is 30.3 Å². The lowest BCUT2D eigenvalue weighted by molar-refractivity contribution is -0.138. The van der Waals surface area contributed by atoms with E-state index in [2.05, 4.69) is 0 Å². The van der Waals surface area contributed by atoms with Crippen LogP contribution >= 0.6 is 11.8 Å². The molecular formula is C18H16F3NO2S. The van der Waals surface area contributed by atoms with Gasteiger partial charge in [-0.15, -0.1) is 11.8 Å². The van der Waals surface area contributed by atoms with E-state index >= 15 is 0 Å². The number of hydrogen-bond donors (Lipinski definition) is 0. The molecule has 25 heavy (non-hydrogen) atoms. The number of rotatable bonds is 3. The molecule has 1 atom stereocenters. The van der Waals surface area contributed by atoms with E-state index in [9.17, 15) is 18.0 Å². The molecule has 132 valence electrons. The molecule has 1 fully saturated rings. The third-order valence-electron chi connectivity index (χ3n) is 4.02. The minimum absolute atomic E-state index is 0.124. The third-order valence-corrected chi connectivity index (χ3v) is 5.26. The van der Waals surface area contributed by atoms with Gasteiger partial charge in [0.25, 0.3) is 5.91 Å². The molecule has 0 N–H and O–H groups in total. The first-order chi connectivity index (χ1) is 11.9. The van der Waals surface area contributed by atoms with E-state index in [-0.39, 0.29) is 11.5 Å². The first-order valence-electron chi connectivity index (χ1n) is 7.64. The van der Waals surface area contributed by atoms with Crippen molar-refractivity contribution in [3.8, 4) is 5.75 Å². The van der Waals surface area contributed by atoms with Crippen LogP contribution < -0.4 is 4.74 Å². The molecule has 0 bridgehead atoms. The number of hydrogen-bond acceptors (Lipinski definition) is 3. The monoisotopic (exact) mass is 367 g/mol. The molecule has 1 heterocycles. The van der Waals surface area contributed by atoms with Crippen LogP contribution in [0.4, 0.5) is 13.2 Å². The van der Waals surface area contributed by atoms with Gasteiger partial charge in [-0.2, -0.15) is 13.2 Å². The summed E-state index contributed by atoms with van der Waals surface area (Å²) in [5.74, 6) is 0.930. The van der Waals surface area contributed by atoms with Gasteiger partial charge in [0.1, 0.15) is 11.1 Å². The first kappa shape index (κ1) is 17.7. The summed E-state index contributed by atoms with van der Waals surface area (Å²) in [7, 11) is 1.53. The van der Waals surface area contributed by atoms with Crippen LogP contribution in [0.1, 0.15) is 26.9 Å². The zero-order valence-electron chi connectivity index (χ0n) is 13.4. The van der Waals surface area contributed by atoms with Crippen LogP contribution in [0.3, 0.4) is 0 Å². The molecular weight excluding hydrogens is 351 g/mol. The molecule has 2 aromatic carbocycles. The topological polar surface area (TPSA) is 29.5 Å². The first-order valence-corrected chi connectivity index (χ1v) is 8.69. The van der Waals surface area contributed by atoms with E-state index < -0.39 is 17.1 Å². The average molecular weight is 367 g/mol. The number of alkyl halides is 3. The highest BCUT2D eigenvalue weighted by atomic mass is 32.2. The number of thioether (sulfide) groups is 1. The van der Waals surface area contributed by atoms with Gasteiger partial charge in [0.05, 0.1) is 12.7 Å². The van der Waals surface area contributed by atoms with Crippen molar-refractivity contribution in [2.24, 2.45) is 0 Å². The van der Waals surface area contributed by atoms with Gasteiger partial charge >= 0.3 is 6.18 Å². The molecule has 2 aromatic rings. The maximum Gasteiger partial charge on any atom is 0.416 e. The number of ether oxygens (including phenoxy) is 1. The van der Waals surface area contributed by atoms with Crippen LogP contribution in [0.5, 0.6) is 5.75 Å². The van der Waals surface area contributed by atoms with Gasteiger partial charge < -0.3 is 9.64 Å². The summed E-state index contributed by atoms with van der Waals surface area (Å²) >= 11 is 1.34. The Labute approximate surface area is 147 Å². The number of methoxy groups -OCH3 is 1. The summed E-state index contributed by atoms with van der Waals surface area (Å²) in [5, 5.41) is -0.646. The molecule has 0 unspecified atom stereocenters. The van der Waals surface area contributed by atoms with Crippen molar-refractivity contribution in [1.29, 1.82) is 0 Å². The number of benzene rings is 2. The van der Waals surface area contributed by atoms with E-state index in [4.69, 9.17) is 4.74 Å². The number of nitrogens with zero attached hydrogens (tertiary/aromatic N) is 1. The summed E-state index contributed by atoms with van der Waals surface area (Å²) in [6.45, 7) is 0.409. The smallest absolute Gasteiger partial charge is 0.416 e. The fraction of sp³-hybridized carbons (Fsp3) is 0.278. The molecule has 1 amide bonds. The number of halogens is 3. The van der Waals surface area contributed by atoms with E-state index in [0.717, 1.165) is 6.07 Å². The van der Waals surface area contributed by atoms with Crippen molar-refractivity contribution in [2.75, 3.05) is 19.4 Å². The Bertz CT molecular complexity index is 762. The lowest BCUT2D eigenvalue weighted by Gasteiger charge is -2.26. The highest BCUT2D eigenvalue weighted by Crippen LogP contribution is 2.44. The third kappa shape index (κ3) is 3.61. The van der Waals surface area contributed by atoms with Crippen molar-refractivity contribution < 1.29 is 22.7 Å². The van der Waals surface area contributed by atoms with Crippen LogP contribution in [-0.2, 0) is 6.18 Å². The van der Waals surface area contributed by atoms with Crippen LogP contribution in [-0.4, -0.2) is 30.2 Å². The molecule has 0 spiro atoms. The zero-order valence-corrected chi connectivity index (χ0v) is 14.2. The Morgan fingerprint density at radius 2 is 1.84 bits per heavy atom. The van der Waals surface area contributed by atoms with Gasteiger partial charge in [-0.05, 0) is 35.9 Å². The molecule has 0 aliphatic carbocycles. The molecule has 3 nitrogen and oxygen atoms in total. The number of amides is 1. The summed E-state index contributed by atoms with van der Waals surface area (Å²) in [6.07, 6.45) is -4.45. The number of carbonyl (C=O) groups excluding carboxylic acids is 1. The maximum absolute atomic E-state index is 13.3. The molecule has 1 saturated heterocycles. The summed E-state index contributed by atoms with van der Waals surface area (Å²) in [6, 6.07) is 12.0. The van der Waals surface area contributed by atoms with Gasteiger partial charge in [0, 0.05) is 17.9 Å². The van der Waals surface area contributed by atoms with Crippen LogP contribution in [0.2, 0.25) is 0 Å². The zero-order chi connectivity index (χ0) is 18.0. The molecule has 1 aliphatic heterocycles.